The number of ether oxygens (including phenoxy) is 1. The highest BCUT2D eigenvalue weighted by Crippen LogP contribution is 2.42. The minimum Gasteiger partial charge on any atom is -0.460 e. The molecule has 0 aliphatic carbocycles. The second-order valence-electron chi connectivity index (χ2n) is 6.96. The van der Waals surface area contributed by atoms with Crippen LogP contribution in [-0.4, -0.2) is 42.9 Å². The van der Waals surface area contributed by atoms with Crippen LogP contribution >= 0.6 is 11.6 Å². The van der Waals surface area contributed by atoms with Crippen LogP contribution in [-0.2, 0) is 11.3 Å². The molecule has 0 amide bonds. The molecule has 5 heteroatoms. The Morgan fingerprint density at radius 1 is 1.25 bits per heavy atom. The first-order chi connectivity index (χ1) is 11.7. The number of fused-ring (bicyclic) bond motifs is 1. The van der Waals surface area contributed by atoms with Gasteiger partial charge in [0.15, 0.2) is 0 Å². The molecular weight excluding hydrogens is 326 g/mol. The molecule has 3 heterocycles. The molecule has 1 aromatic carbocycles. The molecule has 1 aromatic heterocycles. The van der Waals surface area contributed by atoms with Crippen LogP contribution in [0, 0.1) is 11.3 Å². The average molecular weight is 348 g/mol. The predicted octanol–water partition coefficient (Wildman–Crippen LogP) is 3.43. The molecule has 4 nitrogen and oxygen atoms in total. The molecule has 24 heavy (non-hydrogen) atoms. The van der Waals surface area contributed by atoms with Gasteiger partial charge >= 0.3 is 0 Å². The SMILES string of the molecule is OC[C@]12CCOC[C@H]1CN(Cc1ccc(-c3ccccc3Cl)o1)C2. The van der Waals surface area contributed by atoms with E-state index >= 15 is 0 Å². The van der Waals surface area contributed by atoms with Crippen LogP contribution in [0.25, 0.3) is 11.3 Å². The molecule has 0 bridgehead atoms. The van der Waals surface area contributed by atoms with E-state index in [2.05, 4.69) is 4.90 Å². The minimum atomic E-state index is -0.00356. The quantitative estimate of drug-likeness (QED) is 0.920. The molecule has 2 aliphatic heterocycles. The lowest BCUT2D eigenvalue weighted by Gasteiger charge is -2.36. The molecule has 4 rings (SSSR count). The number of hydrogen-bond donors (Lipinski definition) is 1. The van der Waals surface area contributed by atoms with E-state index in [1.54, 1.807) is 0 Å². The van der Waals surface area contributed by atoms with Crippen molar-refractivity contribution in [1.82, 2.24) is 4.90 Å². The first kappa shape index (κ1) is 16.2. The van der Waals surface area contributed by atoms with Crippen molar-refractivity contribution in [3.63, 3.8) is 0 Å². The molecule has 1 N–H and O–H groups in total. The normalized spacial score (nSPS) is 27.3. The third kappa shape index (κ3) is 2.88. The summed E-state index contributed by atoms with van der Waals surface area (Å²) in [7, 11) is 0. The molecule has 2 saturated heterocycles. The Morgan fingerprint density at radius 2 is 2.12 bits per heavy atom. The monoisotopic (exact) mass is 347 g/mol. The molecule has 128 valence electrons. The zero-order chi connectivity index (χ0) is 16.6. The third-order valence-corrected chi connectivity index (χ3v) is 5.77. The fourth-order valence-electron chi connectivity index (χ4n) is 4.03. The Morgan fingerprint density at radius 3 is 2.92 bits per heavy atom. The highest BCUT2D eigenvalue weighted by atomic mass is 35.5. The highest BCUT2D eigenvalue weighted by Gasteiger charge is 2.47. The van der Waals surface area contributed by atoms with Crippen LogP contribution in [0.4, 0.5) is 0 Å². The third-order valence-electron chi connectivity index (χ3n) is 5.44. The van der Waals surface area contributed by atoms with E-state index in [0.717, 1.165) is 56.4 Å². The van der Waals surface area contributed by atoms with Gasteiger partial charge in [-0.1, -0.05) is 23.7 Å². The lowest BCUT2D eigenvalue weighted by Crippen LogP contribution is -2.41. The van der Waals surface area contributed by atoms with E-state index in [9.17, 15) is 5.11 Å². The van der Waals surface area contributed by atoms with Gasteiger partial charge in [0.2, 0.25) is 0 Å². The fourth-order valence-corrected chi connectivity index (χ4v) is 4.25. The van der Waals surface area contributed by atoms with Gasteiger partial charge in [0, 0.05) is 36.6 Å². The van der Waals surface area contributed by atoms with E-state index in [-0.39, 0.29) is 12.0 Å². The summed E-state index contributed by atoms with van der Waals surface area (Å²) < 4.78 is 11.6. The van der Waals surface area contributed by atoms with E-state index in [1.165, 1.54) is 0 Å². The topological polar surface area (TPSA) is 45.8 Å². The largest absolute Gasteiger partial charge is 0.460 e. The van der Waals surface area contributed by atoms with Gasteiger partial charge in [-0.3, -0.25) is 4.90 Å². The number of aliphatic hydroxyl groups excluding tert-OH is 1. The Balaban J connectivity index is 1.48. The van der Waals surface area contributed by atoms with Gasteiger partial charge in [0.25, 0.3) is 0 Å². The summed E-state index contributed by atoms with van der Waals surface area (Å²) in [6.45, 7) is 4.34. The second-order valence-corrected chi connectivity index (χ2v) is 7.36. The van der Waals surface area contributed by atoms with Crippen molar-refractivity contribution in [3.05, 3.63) is 47.2 Å². The standard InChI is InChI=1S/C19H22ClNO3/c20-17-4-2-1-3-16(17)18-6-5-15(24-18)10-21-9-14-11-23-8-7-19(14,12-21)13-22/h1-6,14,22H,7-13H2/t14-,19-/m1/s1. The number of furan rings is 1. The second kappa shape index (κ2) is 6.52. The van der Waals surface area contributed by atoms with Crippen LogP contribution in [0.5, 0.6) is 0 Å². The predicted molar refractivity (Wildman–Crippen MR) is 92.9 cm³/mol. The van der Waals surface area contributed by atoms with Crippen molar-refractivity contribution in [1.29, 1.82) is 0 Å². The van der Waals surface area contributed by atoms with Gasteiger partial charge in [-0.15, -0.1) is 0 Å². The number of aliphatic hydroxyl groups is 1. The van der Waals surface area contributed by atoms with Crippen LogP contribution in [0.2, 0.25) is 5.02 Å². The van der Waals surface area contributed by atoms with Gasteiger partial charge in [-0.05, 0) is 30.7 Å². The van der Waals surface area contributed by atoms with Crippen LogP contribution in [0.3, 0.4) is 0 Å². The average Bonchev–Trinajstić information content (AvgIpc) is 3.20. The summed E-state index contributed by atoms with van der Waals surface area (Å²) in [5.41, 5.74) is 0.914. The number of benzene rings is 1. The fraction of sp³-hybridized carbons (Fsp3) is 0.474. The molecule has 2 fully saturated rings. The maximum Gasteiger partial charge on any atom is 0.135 e. The van der Waals surface area contributed by atoms with Crippen LogP contribution in [0.15, 0.2) is 40.8 Å². The van der Waals surface area contributed by atoms with E-state index in [0.29, 0.717) is 10.9 Å². The summed E-state index contributed by atoms with van der Waals surface area (Å²) >= 11 is 6.25. The summed E-state index contributed by atoms with van der Waals surface area (Å²) in [6, 6.07) is 11.7. The molecule has 0 spiro atoms. The lowest BCUT2D eigenvalue weighted by atomic mass is 9.75. The van der Waals surface area contributed by atoms with Gasteiger partial charge in [-0.25, -0.2) is 0 Å². The lowest BCUT2D eigenvalue weighted by molar-refractivity contribution is -0.0417. The first-order valence-corrected chi connectivity index (χ1v) is 8.82. The molecular formula is C19H22ClNO3. The summed E-state index contributed by atoms with van der Waals surface area (Å²) in [6.07, 6.45) is 0.938. The van der Waals surface area contributed by atoms with Gasteiger partial charge in [-0.2, -0.15) is 0 Å². The van der Waals surface area contributed by atoms with Crippen molar-refractivity contribution < 1.29 is 14.3 Å². The zero-order valence-corrected chi connectivity index (χ0v) is 14.3. The maximum atomic E-state index is 9.90. The number of likely N-dealkylation sites (tertiary alicyclic amines) is 1. The Kier molecular flexibility index (Phi) is 4.39. The molecule has 2 aliphatic rings. The first-order valence-electron chi connectivity index (χ1n) is 8.45. The smallest absolute Gasteiger partial charge is 0.135 e. The van der Waals surface area contributed by atoms with Crippen LogP contribution in [0.1, 0.15) is 12.2 Å². The van der Waals surface area contributed by atoms with Gasteiger partial charge < -0.3 is 14.3 Å². The van der Waals surface area contributed by atoms with Crippen molar-refractivity contribution in [3.8, 4) is 11.3 Å². The van der Waals surface area contributed by atoms with Gasteiger partial charge in [0.05, 0.1) is 24.8 Å². The maximum absolute atomic E-state index is 9.90. The van der Waals surface area contributed by atoms with Crippen molar-refractivity contribution in [2.24, 2.45) is 11.3 Å². The summed E-state index contributed by atoms with van der Waals surface area (Å²) in [5.74, 6) is 2.14. The number of halogens is 1. The van der Waals surface area contributed by atoms with Crippen molar-refractivity contribution in [2.75, 3.05) is 32.9 Å². The number of hydrogen-bond acceptors (Lipinski definition) is 4. The Hall–Kier alpha value is -1.33. The molecule has 0 unspecified atom stereocenters. The minimum absolute atomic E-state index is 0.00356. The number of nitrogens with zero attached hydrogens (tertiary/aromatic N) is 1. The van der Waals surface area contributed by atoms with Crippen molar-refractivity contribution >= 4 is 11.6 Å². The Labute approximate surface area is 147 Å². The Bertz CT molecular complexity index is 716. The molecule has 0 radical (unpaired) electrons. The van der Waals surface area contributed by atoms with Gasteiger partial charge in [0.1, 0.15) is 11.5 Å². The molecule has 2 atom stereocenters. The van der Waals surface area contributed by atoms with E-state index in [1.807, 2.05) is 36.4 Å². The van der Waals surface area contributed by atoms with Crippen molar-refractivity contribution in [2.45, 2.75) is 13.0 Å². The van der Waals surface area contributed by atoms with Crippen LogP contribution < -0.4 is 0 Å². The molecule has 0 saturated carbocycles. The zero-order valence-electron chi connectivity index (χ0n) is 13.6. The summed E-state index contributed by atoms with van der Waals surface area (Å²) in [5, 5.41) is 10.6. The highest BCUT2D eigenvalue weighted by molar-refractivity contribution is 6.33. The summed E-state index contributed by atoms with van der Waals surface area (Å²) in [4.78, 5) is 2.37. The van der Waals surface area contributed by atoms with E-state index in [4.69, 9.17) is 20.8 Å². The number of rotatable bonds is 4. The molecule has 2 aromatic rings. The van der Waals surface area contributed by atoms with E-state index < -0.39 is 0 Å².